The Bertz CT molecular complexity index is 1980. The third kappa shape index (κ3) is 76.6. The molecule has 612 valence electrons. The van der Waals surface area contributed by atoms with Crippen LogP contribution >= 0.6 is 15.6 Å². The molecule has 0 aliphatic carbocycles. The van der Waals surface area contributed by atoms with Crippen molar-refractivity contribution < 1.29 is 80.2 Å². The first-order chi connectivity index (χ1) is 49.9. The summed E-state index contributed by atoms with van der Waals surface area (Å²) in [5.41, 5.74) is 0. The fourth-order valence-corrected chi connectivity index (χ4v) is 14.6. The molecule has 6 atom stereocenters. The Balaban J connectivity index is 5.25. The van der Waals surface area contributed by atoms with Crippen LogP contribution in [0.1, 0.15) is 446 Å². The van der Waals surface area contributed by atoms with E-state index >= 15 is 0 Å². The minimum Gasteiger partial charge on any atom is -0.462 e. The monoisotopic (exact) mass is 1510 g/mol. The molecular formula is C84H164O17P2. The third-order valence-electron chi connectivity index (χ3n) is 20.1. The Morgan fingerprint density at radius 1 is 0.282 bits per heavy atom. The lowest BCUT2D eigenvalue weighted by atomic mass is 9.99. The second kappa shape index (κ2) is 75.5. The molecule has 0 saturated carbocycles. The summed E-state index contributed by atoms with van der Waals surface area (Å²) < 4.78 is 68.8. The second-order valence-corrected chi connectivity index (χ2v) is 33.8. The molecule has 0 amide bonds. The van der Waals surface area contributed by atoms with Crippen molar-refractivity contribution in [1.29, 1.82) is 0 Å². The normalized spacial score (nSPS) is 14.1. The second-order valence-electron chi connectivity index (χ2n) is 30.9. The Morgan fingerprint density at radius 3 is 0.738 bits per heavy atom. The quantitative estimate of drug-likeness (QED) is 0.0222. The van der Waals surface area contributed by atoms with E-state index in [1.807, 2.05) is 0 Å². The predicted octanol–water partition coefficient (Wildman–Crippen LogP) is 25.5. The molecule has 0 fully saturated rings. The average molecular weight is 1510 g/mol. The van der Waals surface area contributed by atoms with Crippen molar-refractivity contribution in [2.75, 3.05) is 39.6 Å². The first-order valence-electron chi connectivity index (χ1n) is 43.5. The zero-order valence-electron chi connectivity index (χ0n) is 67.6. The number of hydrogen-bond acceptors (Lipinski definition) is 15. The Kier molecular flexibility index (Phi) is 74.1. The van der Waals surface area contributed by atoms with Crippen LogP contribution in [0.2, 0.25) is 0 Å². The van der Waals surface area contributed by atoms with Gasteiger partial charge in [0, 0.05) is 25.7 Å². The maximum absolute atomic E-state index is 13.1. The molecule has 0 rings (SSSR count). The molecule has 3 N–H and O–H groups in total. The largest absolute Gasteiger partial charge is 0.472 e. The van der Waals surface area contributed by atoms with Gasteiger partial charge in [-0.15, -0.1) is 0 Å². The van der Waals surface area contributed by atoms with Gasteiger partial charge in [-0.05, 0) is 37.5 Å². The molecule has 19 heteroatoms. The average Bonchev–Trinajstić information content (AvgIpc) is 0.910. The van der Waals surface area contributed by atoms with E-state index < -0.39 is 97.5 Å². The SMILES string of the molecule is CCCCCCCCCCCCCCCCCCCCCC(=O)OC[C@H](COP(=O)(O)OC[C@@H](O)COP(=O)(O)OC[C@@H](COC(=O)CCCCCCCCCCC(C)CC)OC(=O)CCCCCCCCCCCCC(C)C)OC(=O)CCCCCCCCCCCCCCCCCCCCC. The minimum atomic E-state index is -4.96. The smallest absolute Gasteiger partial charge is 0.462 e. The molecule has 0 aromatic carbocycles. The summed E-state index contributed by atoms with van der Waals surface area (Å²) in [5.74, 6) is -0.576. The first kappa shape index (κ1) is 101. The highest BCUT2D eigenvalue weighted by Gasteiger charge is 2.30. The van der Waals surface area contributed by atoms with Gasteiger partial charge in [0.05, 0.1) is 26.4 Å². The topological polar surface area (TPSA) is 237 Å². The van der Waals surface area contributed by atoms with Crippen molar-refractivity contribution in [3.8, 4) is 0 Å². The van der Waals surface area contributed by atoms with Gasteiger partial charge in [0.25, 0.3) is 0 Å². The minimum absolute atomic E-state index is 0.106. The van der Waals surface area contributed by atoms with Gasteiger partial charge in [-0.1, -0.05) is 395 Å². The van der Waals surface area contributed by atoms with Gasteiger partial charge in [0.15, 0.2) is 12.2 Å². The Hall–Kier alpha value is -1.94. The number of carbonyl (C=O) groups is 4. The zero-order chi connectivity index (χ0) is 75.6. The summed E-state index contributed by atoms with van der Waals surface area (Å²) >= 11 is 0. The number of phosphoric ester groups is 2. The highest BCUT2D eigenvalue weighted by Crippen LogP contribution is 2.45. The molecule has 3 unspecified atom stereocenters. The standard InChI is InChI=1S/C84H164O17P2/c1-7-10-12-14-16-18-20-22-24-26-28-30-32-34-36-41-48-54-60-66-81(86)94-72-79(100-83(88)68-62-56-50-42-37-35-33-31-29-27-25-23-21-19-17-15-13-11-8-2)74-98-102(90,91)96-70-78(85)71-97-103(92,93)99-75-80(73-95-82(87)67-61-55-49-45-44-47-53-59-65-77(6)9-3)101-84(89)69-63-57-51-43-39-38-40-46-52-58-64-76(4)5/h76-80,85H,7-75H2,1-6H3,(H,90,91)(H,92,93)/t77?,78-,79-,80-/m1/s1. The maximum atomic E-state index is 13.1. The summed E-state index contributed by atoms with van der Waals surface area (Å²) in [7, 11) is -9.93. The van der Waals surface area contributed by atoms with Crippen molar-refractivity contribution in [1.82, 2.24) is 0 Å². The highest BCUT2D eigenvalue weighted by atomic mass is 31.2. The maximum Gasteiger partial charge on any atom is 0.472 e. The van der Waals surface area contributed by atoms with E-state index in [1.54, 1.807) is 0 Å². The molecule has 17 nitrogen and oxygen atoms in total. The van der Waals surface area contributed by atoms with Crippen molar-refractivity contribution in [2.24, 2.45) is 11.8 Å². The zero-order valence-corrected chi connectivity index (χ0v) is 69.4. The molecule has 0 heterocycles. The summed E-state index contributed by atoms with van der Waals surface area (Å²) in [4.78, 5) is 73.2. The van der Waals surface area contributed by atoms with Crippen LogP contribution in [0.4, 0.5) is 0 Å². The lowest BCUT2D eigenvalue weighted by molar-refractivity contribution is -0.161. The lowest BCUT2D eigenvalue weighted by Crippen LogP contribution is -2.30. The number of aliphatic hydroxyl groups excluding tert-OH is 1. The molecule has 0 bridgehead atoms. The van der Waals surface area contributed by atoms with Gasteiger partial charge in [-0.3, -0.25) is 37.3 Å². The summed E-state index contributed by atoms with van der Waals surface area (Å²) in [5, 5.41) is 10.7. The predicted molar refractivity (Wildman–Crippen MR) is 423 cm³/mol. The van der Waals surface area contributed by atoms with Crippen molar-refractivity contribution in [3.63, 3.8) is 0 Å². The van der Waals surface area contributed by atoms with Crippen LogP contribution in [-0.2, 0) is 65.4 Å². The Labute approximate surface area is 632 Å². The molecule has 0 aliphatic rings. The summed E-state index contributed by atoms with van der Waals surface area (Å²) in [6, 6.07) is 0. The number of hydrogen-bond donors (Lipinski definition) is 3. The number of phosphoric acid groups is 2. The van der Waals surface area contributed by atoms with E-state index in [9.17, 15) is 43.2 Å². The molecule has 0 aliphatic heterocycles. The molecule has 0 spiro atoms. The van der Waals surface area contributed by atoms with E-state index in [0.29, 0.717) is 25.7 Å². The van der Waals surface area contributed by atoms with Gasteiger partial charge in [-0.2, -0.15) is 0 Å². The molecular weight excluding hydrogens is 1340 g/mol. The number of ether oxygens (including phenoxy) is 4. The number of esters is 4. The van der Waals surface area contributed by atoms with Gasteiger partial charge < -0.3 is 33.8 Å². The Morgan fingerprint density at radius 2 is 0.495 bits per heavy atom. The molecule has 103 heavy (non-hydrogen) atoms. The van der Waals surface area contributed by atoms with E-state index in [1.165, 1.54) is 263 Å². The van der Waals surface area contributed by atoms with Gasteiger partial charge in [0.2, 0.25) is 0 Å². The van der Waals surface area contributed by atoms with Gasteiger partial charge in [-0.25, -0.2) is 9.13 Å². The van der Waals surface area contributed by atoms with Crippen LogP contribution in [0.3, 0.4) is 0 Å². The van der Waals surface area contributed by atoms with E-state index in [0.717, 1.165) is 102 Å². The summed E-state index contributed by atoms with van der Waals surface area (Å²) in [6.45, 7) is 9.65. The van der Waals surface area contributed by atoms with Gasteiger partial charge >= 0.3 is 39.5 Å². The fraction of sp³-hybridized carbons (Fsp3) is 0.952. The fourth-order valence-electron chi connectivity index (χ4n) is 13.0. The van der Waals surface area contributed by atoms with Crippen LogP contribution in [0.5, 0.6) is 0 Å². The lowest BCUT2D eigenvalue weighted by Gasteiger charge is -2.21. The van der Waals surface area contributed by atoms with Crippen molar-refractivity contribution in [2.45, 2.75) is 464 Å². The van der Waals surface area contributed by atoms with Crippen LogP contribution in [0.15, 0.2) is 0 Å². The molecule has 0 aromatic rings. The number of unbranched alkanes of at least 4 members (excludes halogenated alkanes) is 52. The van der Waals surface area contributed by atoms with E-state index in [4.69, 9.17) is 37.0 Å². The van der Waals surface area contributed by atoms with Crippen molar-refractivity contribution >= 4 is 39.5 Å². The van der Waals surface area contributed by atoms with E-state index in [-0.39, 0.29) is 25.7 Å². The first-order valence-corrected chi connectivity index (χ1v) is 46.5. The van der Waals surface area contributed by atoms with E-state index in [2.05, 4.69) is 41.5 Å². The number of carbonyl (C=O) groups excluding carboxylic acids is 4. The van der Waals surface area contributed by atoms with Crippen LogP contribution < -0.4 is 0 Å². The van der Waals surface area contributed by atoms with Gasteiger partial charge in [0.1, 0.15) is 19.3 Å². The van der Waals surface area contributed by atoms with Crippen LogP contribution in [0.25, 0.3) is 0 Å². The highest BCUT2D eigenvalue weighted by molar-refractivity contribution is 7.47. The number of rotatable bonds is 83. The third-order valence-corrected chi connectivity index (χ3v) is 22.0. The van der Waals surface area contributed by atoms with Crippen LogP contribution in [0, 0.1) is 11.8 Å². The van der Waals surface area contributed by atoms with Crippen molar-refractivity contribution in [3.05, 3.63) is 0 Å². The van der Waals surface area contributed by atoms with Crippen LogP contribution in [-0.4, -0.2) is 96.7 Å². The molecule has 0 aromatic heterocycles. The molecule has 0 saturated heterocycles. The molecule has 0 radical (unpaired) electrons. The summed E-state index contributed by atoms with van der Waals surface area (Å²) in [6.07, 6.45) is 66.6. The number of aliphatic hydroxyl groups is 1.